The lowest BCUT2D eigenvalue weighted by molar-refractivity contribution is 0.102. The van der Waals surface area contributed by atoms with Gasteiger partial charge in [0.2, 0.25) is 0 Å². The third-order valence-electron chi connectivity index (χ3n) is 4.32. The lowest BCUT2D eigenvalue weighted by Gasteiger charge is -2.15. The zero-order chi connectivity index (χ0) is 23.5. The van der Waals surface area contributed by atoms with Crippen LogP contribution < -0.4 is 19.5 Å². The molecule has 1 amide bonds. The number of halogens is 3. The molecule has 0 aliphatic heterocycles. The fourth-order valence-corrected chi connectivity index (χ4v) is 4.13. The maximum Gasteiger partial charge on any atom is 0.262 e. The van der Waals surface area contributed by atoms with Crippen molar-refractivity contribution in [3.05, 3.63) is 76.0 Å². The van der Waals surface area contributed by atoms with Gasteiger partial charge in [0.15, 0.2) is 0 Å². The summed E-state index contributed by atoms with van der Waals surface area (Å²) in [6.07, 6.45) is 0. The minimum atomic E-state index is -4.20. The van der Waals surface area contributed by atoms with Crippen LogP contribution in [0.4, 0.5) is 15.8 Å². The quantitative estimate of drug-likeness (QED) is 0.466. The average molecular weight is 499 g/mol. The molecular formula is C21H17Cl2FN2O5S. The predicted octanol–water partition coefficient (Wildman–Crippen LogP) is 5.20. The molecule has 0 fully saturated rings. The van der Waals surface area contributed by atoms with E-state index >= 15 is 0 Å². The smallest absolute Gasteiger partial charge is 0.262 e. The molecule has 0 atom stereocenters. The summed E-state index contributed by atoms with van der Waals surface area (Å²) in [6.45, 7) is 0. The third-order valence-corrected chi connectivity index (χ3v) is 6.23. The molecule has 3 aromatic rings. The van der Waals surface area contributed by atoms with Gasteiger partial charge in [-0.25, -0.2) is 12.8 Å². The van der Waals surface area contributed by atoms with Gasteiger partial charge in [-0.1, -0.05) is 23.2 Å². The molecule has 7 nitrogen and oxygen atoms in total. The highest BCUT2D eigenvalue weighted by molar-refractivity contribution is 7.92. The number of sulfonamides is 1. The third kappa shape index (κ3) is 5.24. The Kier molecular flexibility index (Phi) is 7.12. The molecule has 168 valence electrons. The molecular weight excluding hydrogens is 482 g/mol. The topological polar surface area (TPSA) is 93.7 Å². The molecule has 0 aliphatic rings. The van der Waals surface area contributed by atoms with Gasteiger partial charge in [0.25, 0.3) is 15.9 Å². The summed E-state index contributed by atoms with van der Waals surface area (Å²) in [5, 5.41) is 3.06. The van der Waals surface area contributed by atoms with Gasteiger partial charge in [0.1, 0.15) is 17.3 Å². The monoisotopic (exact) mass is 498 g/mol. The van der Waals surface area contributed by atoms with Gasteiger partial charge < -0.3 is 14.8 Å². The van der Waals surface area contributed by atoms with Crippen molar-refractivity contribution in [2.45, 2.75) is 4.90 Å². The molecule has 11 heteroatoms. The fraction of sp³-hybridized carbons (Fsp3) is 0.0952. The molecule has 0 spiro atoms. The summed E-state index contributed by atoms with van der Waals surface area (Å²) in [6, 6.07) is 11.8. The first-order valence-electron chi connectivity index (χ1n) is 8.95. The van der Waals surface area contributed by atoms with E-state index in [2.05, 4.69) is 10.0 Å². The van der Waals surface area contributed by atoms with E-state index in [0.717, 1.165) is 18.2 Å². The van der Waals surface area contributed by atoms with Crippen LogP contribution in [-0.4, -0.2) is 28.5 Å². The largest absolute Gasteiger partial charge is 0.495 e. The number of rotatable bonds is 7. The molecule has 0 saturated carbocycles. The first-order valence-corrected chi connectivity index (χ1v) is 11.2. The van der Waals surface area contributed by atoms with Crippen LogP contribution >= 0.6 is 23.2 Å². The molecule has 0 unspecified atom stereocenters. The van der Waals surface area contributed by atoms with Crippen molar-refractivity contribution in [1.82, 2.24) is 0 Å². The van der Waals surface area contributed by atoms with E-state index < -0.39 is 21.7 Å². The Balaban J connectivity index is 1.85. The average Bonchev–Trinajstić information content (AvgIpc) is 2.76. The van der Waals surface area contributed by atoms with Crippen LogP contribution in [0.3, 0.4) is 0 Å². The Hall–Kier alpha value is -3.01. The summed E-state index contributed by atoms with van der Waals surface area (Å²) in [4.78, 5) is 11.9. The molecule has 3 rings (SSSR count). The first kappa shape index (κ1) is 23.6. The maximum atomic E-state index is 14.6. The Bertz CT molecular complexity index is 1270. The number of nitrogens with one attached hydrogen (secondary N) is 2. The minimum Gasteiger partial charge on any atom is -0.495 e. The summed E-state index contributed by atoms with van der Waals surface area (Å²) in [7, 11) is -1.49. The highest BCUT2D eigenvalue weighted by Gasteiger charge is 2.21. The van der Waals surface area contributed by atoms with E-state index in [1.54, 1.807) is 0 Å². The van der Waals surface area contributed by atoms with Gasteiger partial charge in [-0.2, -0.15) is 0 Å². The predicted molar refractivity (Wildman–Crippen MR) is 121 cm³/mol. The van der Waals surface area contributed by atoms with Crippen molar-refractivity contribution >= 4 is 50.5 Å². The summed E-state index contributed by atoms with van der Waals surface area (Å²) < 4.78 is 52.7. The van der Waals surface area contributed by atoms with Gasteiger partial charge in [0, 0.05) is 22.7 Å². The second-order valence-electron chi connectivity index (χ2n) is 6.40. The van der Waals surface area contributed by atoms with Gasteiger partial charge >= 0.3 is 0 Å². The van der Waals surface area contributed by atoms with E-state index in [9.17, 15) is 17.6 Å². The Labute approximate surface area is 194 Å². The van der Waals surface area contributed by atoms with Gasteiger partial charge in [-0.15, -0.1) is 0 Å². The zero-order valence-electron chi connectivity index (χ0n) is 16.8. The number of hydrogen-bond acceptors (Lipinski definition) is 5. The Morgan fingerprint density at radius 3 is 2.16 bits per heavy atom. The number of methoxy groups -OCH3 is 2. The van der Waals surface area contributed by atoms with E-state index in [-0.39, 0.29) is 38.4 Å². The van der Waals surface area contributed by atoms with Crippen LogP contribution in [0.25, 0.3) is 0 Å². The number of hydrogen-bond donors (Lipinski definition) is 2. The molecule has 0 radical (unpaired) electrons. The van der Waals surface area contributed by atoms with Crippen molar-refractivity contribution in [2.24, 2.45) is 0 Å². The van der Waals surface area contributed by atoms with Crippen LogP contribution in [0.5, 0.6) is 11.5 Å². The van der Waals surface area contributed by atoms with E-state index in [1.165, 1.54) is 50.6 Å². The summed E-state index contributed by atoms with van der Waals surface area (Å²) >= 11 is 11.8. The highest BCUT2D eigenvalue weighted by Crippen LogP contribution is 2.37. The summed E-state index contributed by atoms with van der Waals surface area (Å²) in [5.74, 6) is -1.15. The highest BCUT2D eigenvalue weighted by atomic mass is 35.5. The lowest BCUT2D eigenvalue weighted by atomic mass is 10.2. The van der Waals surface area contributed by atoms with Crippen molar-refractivity contribution < 1.29 is 27.1 Å². The van der Waals surface area contributed by atoms with E-state index in [4.69, 9.17) is 32.7 Å². The number of carbonyl (C=O) groups excluding carboxylic acids is 1. The van der Waals surface area contributed by atoms with Crippen LogP contribution in [0, 0.1) is 5.82 Å². The van der Waals surface area contributed by atoms with Crippen LogP contribution in [-0.2, 0) is 10.0 Å². The molecule has 32 heavy (non-hydrogen) atoms. The molecule has 0 aliphatic carbocycles. The van der Waals surface area contributed by atoms with Crippen LogP contribution in [0.1, 0.15) is 10.4 Å². The standard InChI is InChI=1S/C21H17Cl2FN2O5S/c1-30-19-11-18(20(31-2)10-15(19)23)26-32(28,29)14-7-8-17(16(24)9-14)25-21(27)12-3-5-13(22)6-4-12/h3-11,26H,1-2H3,(H,25,27). The molecule has 2 N–H and O–H groups in total. The van der Waals surface area contributed by atoms with Crippen molar-refractivity contribution in [3.8, 4) is 11.5 Å². The molecule has 0 saturated heterocycles. The van der Waals surface area contributed by atoms with Crippen LogP contribution in [0.15, 0.2) is 59.5 Å². The fourth-order valence-electron chi connectivity index (χ4n) is 2.70. The zero-order valence-corrected chi connectivity index (χ0v) is 19.1. The normalized spacial score (nSPS) is 11.0. The van der Waals surface area contributed by atoms with Crippen molar-refractivity contribution in [3.63, 3.8) is 0 Å². The number of amides is 1. The van der Waals surface area contributed by atoms with Gasteiger partial charge in [-0.05, 0) is 42.5 Å². The van der Waals surface area contributed by atoms with Crippen molar-refractivity contribution in [1.29, 1.82) is 0 Å². The number of carbonyl (C=O) groups is 1. The Morgan fingerprint density at radius 1 is 0.906 bits per heavy atom. The second kappa shape index (κ2) is 9.64. The van der Waals surface area contributed by atoms with E-state index in [0.29, 0.717) is 5.02 Å². The van der Waals surface area contributed by atoms with Gasteiger partial charge in [0.05, 0.1) is 35.5 Å². The second-order valence-corrected chi connectivity index (χ2v) is 8.92. The molecule has 0 aromatic heterocycles. The number of ether oxygens (including phenoxy) is 2. The van der Waals surface area contributed by atoms with Crippen molar-refractivity contribution in [2.75, 3.05) is 24.3 Å². The molecule has 0 heterocycles. The minimum absolute atomic E-state index is 0.0503. The van der Waals surface area contributed by atoms with E-state index in [1.807, 2.05) is 0 Å². The number of benzene rings is 3. The maximum absolute atomic E-state index is 14.6. The first-order chi connectivity index (χ1) is 15.1. The number of anilines is 2. The molecule has 0 bridgehead atoms. The molecule has 3 aromatic carbocycles. The summed E-state index contributed by atoms with van der Waals surface area (Å²) in [5.41, 5.74) is 0.125. The SMILES string of the molecule is COc1cc(NS(=O)(=O)c2ccc(NC(=O)c3ccc(Cl)cc3)c(F)c2)c(OC)cc1Cl. The Morgan fingerprint density at radius 2 is 1.56 bits per heavy atom. The lowest BCUT2D eigenvalue weighted by Crippen LogP contribution is -2.16. The van der Waals surface area contributed by atoms with Crippen LogP contribution in [0.2, 0.25) is 10.0 Å². The van der Waals surface area contributed by atoms with Gasteiger partial charge in [-0.3, -0.25) is 9.52 Å².